The lowest BCUT2D eigenvalue weighted by Crippen LogP contribution is -2.59. The third-order valence-electron chi connectivity index (χ3n) is 10.1. The van der Waals surface area contributed by atoms with Gasteiger partial charge in [-0.25, -0.2) is 5.43 Å². The number of nitrogens with zero attached hydrogens (tertiary/aromatic N) is 3. The summed E-state index contributed by atoms with van der Waals surface area (Å²) < 4.78 is 14.2. The molecule has 2 aromatic carbocycles. The van der Waals surface area contributed by atoms with Gasteiger partial charge >= 0.3 is 5.97 Å². The molecule has 3 aliphatic rings. The zero-order valence-electron chi connectivity index (χ0n) is 28.2. The van der Waals surface area contributed by atoms with E-state index in [0.717, 1.165) is 58.4 Å². The molecule has 5 heterocycles. The summed E-state index contributed by atoms with van der Waals surface area (Å²) in [4.78, 5) is 31.6. The van der Waals surface area contributed by atoms with E-state index < -0.39 is 17.5 Å². The van der Waals surface area contributed by atoms with Gasteiger partial charge in [0.2, 0.25) is 0 Å². The van der Waals surface area contributed by atoms with Gasteiger partial charge in [0.1, 0.15) is 11.8 Å². The molecule has 7 rings (SSSR count). The number of carbonyl (C=O) groups is 2. The van der Waals surface area contributed by atoms with Crippen molar-refractivity contribution in [3.8, 4) is 28.1 Å². The van der Waals surface area contributed by atoms with Crippen molar-refractivity contribution in [2.75, 3.05) is 20.3 Å². The number of carbonyl (C=O) groups excluding carboxylic acids is 2. The van der Waals surface area contributed by atoms with Crippen molar-refractivity contribution < 1.29 is 24.2 Å². The van der Waals surface area contributed by atoms with Crippen LogP contribution in [0.5, 0.6) is 5.75 Å². The SMILES string of the molecule is CO[C@@H](C)c1ncccc1-c1c2c3cc(cc4c3n1CCC4)-c1cc(O)cc(c1)C[C@H](N)C(=O)N1CCC[C@H](N1)C(=O)OCC(C)(C)C2. The Balaban J connectivity index is 1.45. The Bertz CT molecular complexity index is 1900. The number of aromatic nitrogens is 2. The first-order chi connectivity index (χ1) is 23.0. The van der Waals surface area contributed by atoms with Crippen LogP contribution in [0.3, 0.4) is 0 Å². The largest absolute Gasteiger partial charge is 0.508 e. The minimum Gasteiger partial charge on any atom is -0.508 e. The molecule has 3 aliphatic heterocycles. The summed E-state index contributed by atoms with van der Waals surface area (Å²) in [7, 11) is 1.70. The maximum Gasteiger partial charge on any atom is 0.324 e. The van der Waals surface area contributed by atoms with Gasteiger partial charge in [-0.2, -0.15) is 0 Å². The molecule has 1 fully saturated rings. The highest BCUT2D eigenvalue weighted by Crippen LogP contribution is 2.45. The Hall–Kier alpha value is -4.25. The van der Waals surface area contributed by atoms with Crippen LogP contribution < -0.4 is 11.2 Å². The number of fused-ring (bicyclic) bond motifs is 6. The molecule has 10 heteroatoms. The minimum atomic E-state index is -0.852. The van der Waals surface area contributed by atoms with Gasteiger partial charge < -0.3 is 24.9 Å². The second-order valence-electron chi connectivity index (χ2n) is 14.4. The van der Waals surface area contributed by atoms with E-state index in [1.54, 1.807) is 19.2 Å². The smallest absolute Gasteiger partial charge is 0.324 e. The van der Waals surface area contributed by atoms with Crippen LogP contribution in [0.25, 0.3) is 33.3 Å². The van der Waals surface area contributed by atoms with Gasteiger partial charge in [-0.3, -0.25) is 19.6 Å². The zero-order chi connectivity index (χ0) is 33.7. The van der Waals surface area contributed by atoms with Gasteiger partial charge in [0.25, 0.3) is 5.91 Å². The van der Waals surface area contributed by atoms with Crippen molar-refractivity contribution in [3.63, 3.8) is 0 Å². The standard InChI is InChI=1S/C38H45N5O5/c1-22(47-4)33-28(9-5-11-40-33)35-30-20-38(2,3)21-48-37(46)32-10-7-13-43(41-32)36(45)31(39)16-23-14-25(18-27(44)15-23)26-17-24-8-6-12-42(35)34(24)29(30)19-26/h5,9,11,14-15,17-19,22,31-32,41,44H,6-8,10,12-13,16,20-21,39H2,1-4H3/t22-,31-,32-/m0/s1. The molecule has 4 aromatic rings. The van der Waals surface area contributed by atoms with Crippen molar-refractivity contribution in [1.82, 2.24) is 20.0 Å². The van der Waals surface area contributed by atoms with Crippen molar-refractivity contribution in [1.29, 1.82) is 0 Å². The molecule has 2 aromatic heterocycles. The van der Waals surface area contributed by atoms with E-state index in [0.29, 0.717) is 25.8 Å². The van der Waals surface area contributed by atoms with Gasteiger partial charge in [0.15, 0.2) is 0 Å². The van der Waals surface area contributed by atoms with Crippen molar-refractivity contribution in [3.05, 3.63) is 71.0 Å². The number of phenols is 1. The molecule has 6 bridgehead atoms. The third-order valence-corrected chi connectivity index (χ3v) is 10.1. The lowest BCUT2D eigenvalue weighted by Gasteiger charge is -2.35. The number of rotatable bonds is 3. The van der Waals surface area contributed by atoms with Crippen LogP contribution in [0.2, 0.25) is 0 Å². The Kier molecular flexibility index (Phi) is 8.51. The number of hydrogen-bond acceptors (Lipinski definition) is 8. The molecular weight excluding hydrogens is 606 g/mol. The topological polar surface area (TPSA) is 132 Å². The van der Waals surface area contributed by atoms with E-state index in [-0.39, 0.29) is 36.8 Å². The monoisotopic (exact) mass is 651 g/mol. The number of cyclic esters (lactones) is 1. The molecular formula is C38H45N5O5. The second-order valence-corrected chi connectivity index (χ2v) is 14.4. The highest BCUT2D eigenvalue weighted by molar-refractivity contribution is 5.98. The van der Waals surface area contributed by atoms with Gasteiger partial charge in [0, 0.05) is 42.8 Å². The number of aryl methyl sites for hydroxylation is 2. The van der Waals surface area contributed by atoms with E-state index in [4.69, 9.17) is 20.2 Å². The molecule has 10 nitrogen and oxygen atoms in total. The Labute approximate surface area is 281 Å². The molecule has 1 saturated heterocycles. The molecule has 0 unspecified atom stereocenters. The van der Waals surface area contributed by atoms with Gasteiger partial charge in [0.05, 0.1) is 35.7 Å². The number of nitrogens with one attached hydrogen (secondary N) is 1. The Morgan fingerprint density at radius 2 is 1.94 bits per heavy atom. The molecule has 252 valence electrons. The van der Waals surface area contributed by atoms with E-state index in [1.807, 2.05) is 25.3 Å². The summed E-state index contributed by atoms with van der Waals surface area (Å²) >= 11 is 0. The van der Waals surface area contributed by atoms with E-state index >= 15 is 0 Å². The molecule has 1 amide bonds. The quantitative estimate of drug-likeness (QED) is 0.257. The highest BCUT2D eigenvalue weighted by atomic mass is 16.5. The fourth-order valence-corrected chi connectivity index (χ4v) is 7.71. The fraction of sp³-hybridized carbons (Fsp3) is 0.447. The summed E-state index contributed by atoms with van der Waals surface area (Å²) in [5.41, 5.74) is 18.4. The maximum atomic E-state index is 13.4. The summed E-state index contributed by atoms with van der Waals surface area (Å²) in [6, 6.07) is 12.6. The van der Waals surface area contributed by atoms with Gasteiger partial charge in [-0.1, -0.05) is 19.9 Å². The second kappa shape index (κ2) is 12.7. The molecule has 4 N–H and O–H groups in total. The normalized spacial score (nSPS) is 21.9. The number of hydrogen-bond donors (Lipinski definition) is 3. The Morgan fingerprint density at radius 1 is 1.12 bits per heavy atom. The van der Waals surface area contributed by atoms with Crippen LogP contribution >= 0.6 is 0 Å². The number of methoxy groups -OCH3 is 1. The lowest BCUT2D eigenvalue weighted by atomic mass is 9.83. The predicted molar refractivity (Wildman–Crippen MR) is 184 cm³/mol. The zero-order valence-corrected chi connectivity index (χ0v) is 28.2. The van der Waals surface area contributed by atoms with E-state index in [2.05, 4.69) is 42.0 Å². The van der Waals surface area contributed by atoms with Crippen LogP contribution in [-0.4, -0.2) is 63.9 Å². The van der Waals surface area contributed by atoms with Crippen molar-refractivity contribution in [2.24, 2.45) is 11.1 Å². The lowest BCUT2D eigenvalue weighted by molar-refractivity contribution is -0.154. The van der Waals surface area contributed by atoms with Crippen LogP contribution in [0.15, 0.2) is 48.7 Å². The van der Waals surface area contributed by atoms with E-state index in [1.165, 1.54) is 21.7 Å². The number of amides is 1. The molecule has 48 heavy (non-hydrogen) atoms. The molecule has 0 spiro atoms. The van der Waals surface area contributed by atoms with Crippen LogP contribution in [0, 0.1) is 5.41 Å². The van der Waals surface area contributed by atoms with Crippen LogP contribution in [-0.2, 0) is 44.9 Å². The molecule has 0 radical (unpaired) electrons. The first-order valence-corrected chi connectivity index (χ1v) is 17.0. The number of esters is 1. The van der Waals surface area contributed by atoms with Crippen molar-refractivity contribution in [2.45, 2.75) is 84.0 Å². The average Bonchev–Trinajstić information content (AvgIpc) is 3.38. The fourth-order valence-electron chi connectivity index (χ4n) is 7.71. The molecule has 0 aliphatic carbocycles. The number of nitrogens with two attached hydrogens (primary N) is 1. The minimum absolute atomic E-state index is 0.123. The van der Waals surface area contributed by atoms with Crippen LogP contribution in [0.4, 0.5) is 0 Å². The summed E-state index contributed by atoms with van der Waals surface area (Å²) in [5.74, 6) is -0.542. The van der Waals surface area contributed by atoms with Crippen molar-refractivity contribution >= 4 is 22.8 Å². The van der Waals surface area contributed by atoms with E-state index in [9.17, 15) is 14.7 Å². The third kappa shape index (κ3) is 5.97. The number of aromatic hydroxyl groups is 1. The molecule has 0 saturated carbocycles. The van der Waals surface area contributed by atoms with Crippen LogP contribution in [0.1, 0.15) is 68.5 Å². The Morgan fingerprint density at radius 3 is 2.75 bits per heavy atom. The first kappa shape index (κ1) is 32.3. The summed E-state index contributed by atoms with van der Waals surface area (Å²) in [6.45, 7) is 7.81. The predicted octanol–water partition coefficient (Wildman–Crippen LogP) is 5.22. The van der Waals surface area contributed by atoms with Gasteiger partial charge in [-0.15, -0.1) is 0 Å². The highest BCUT2D eigenvalue weighted by Gasteiger charge is 2.35. The summed E-state index contributed by atoms with van der Waals surface area (Å²) in [5, 5.41) is 13.5. The number of pyridine rings is 1. The maximum absolute atomic E-state index is 13.4. The number of hydrazine groups is 1. The first-order valence-electron chi connectivity index (χ1n) is 17.0. The number of benzene rings is 2. The number of ether oxygens (including phenoxy) is 2. The average molecular weight is 652 g/mol. The number of phenolic OH excluding ortho intramolecular Hbond substituents is 1. The van der Waals surface area contributed by atoms with Gasteiger partial charge in [-0.05, 0) is 110 Å². The molecule has 3 atom stereocenters. The summed E-state index contributed by atoms with van der Waals surface area (Å²) in [6.07, 6.45) is 5.62.